The lowest BCUT2D eigenvalue weighted by molar-refractivity contribution is 0.435. The van der Waals surface area contributed by atoms with Crippen LogP contribution in [-0.4, -0.2) is 10.1 Å². The molecule has 0 atom stereocenters. The van der Waals surface area contributed by atoms with E-state index >= 15 is 0 Å². The maximum absolute atomic E-state index is 5.86. The maximum Gasteiger partial charge on any atom is 0.167 e. The normalized spacial score (nSPS) is 10.6. The van der Waals surface area contributed by atoms with Crippen LogP contribution in [0.4, 0.5) is 5.82 Å². The molecule has 5 heteroatoms. The Morgan fingerprint density at radius 1 is 1.11 bits per heavy atom. The molecule has 0 radical (unpaired) electrons. The fourth-order valence-corrected chi connectivity index (χ4v) is 2.13. The number of benzene rings is 1. The molecule has 94 valence electrons. The third-order valence-electron chi connectivity index (χ3n) is 2.73. The fraction of sp³-hybridized carbons (Fsp3) is 0. The topological polar surface area (TPSA) is 64.9 Å². The summed E-state index contributed by atoms with van der Waals surface area (Å²) in [5.41, 5.74) is 8.25. The summed E-state index contributed by atoms with van der Waals surface area (Å²) in [4.78, 5) is 4.09. The largest absolute Gasteiger partial charge is 0.383 e. The first-order valence-electron chi connectivity index (χ1n) is 5.67. The van der Waals surface area contributed by atoms with Crippen molar-refractivity contribution in [1.29, 1.82) is 0 Å². The van der Waals surface area contributed by atoms with E-state index in [1.807, 2.05) is 42.5 Å². The van der Waals surface area contributed by atoms with Crippen molar-refractivity contribution in [2.75, 3.05) is 5.73 Å². The predicted molar refractivity (Wildman–Crippen MR) is 77.3 cm³/mol. The number of hydrogen-bond acceptors (Lipinski definition) is 4. The quantitative estimate of drug-likeness (QED) is 0.782. The van der Waals surface area contributed by atoms with Gasteiger partial charge in [-0.25, -0.2) is 4.98 Å². The van der Waals surface area contributed by atoms with Gasteiger partial charge in [-0.2, -0.15) is 0 Å². The standard InChI is InChI=1S/C14H10BrN3O/c15-10-6-11(14(16)17-8-10)12-7-13(19-18-12)9-4-2-1-3-5-9/h1-8H,(H2,16,17). The molecule has 19 heavy (non-hydrogen) atoms. The molecule has 0 aliphatic heterocycles. The molecule has 2 N–H and O–H groups in total. The van der Waals surface area contributed by atoms with Gasteiger partial charge in [-0.1, -0.05) is 35.5 Å². The van der Waals surface area contributed by atoms with Crippen molar-refractivity contribution in [1.82, 2.24) is 10.1 Å². The van der Waals surface area contributed by atoms with Crippen LogP contribution in [0.25, 0.3) is 22.6 Å². The van der Waals surface area contributed by atoms with Gasteiger partial charge < -0.3 is 10.3 Å². The van der Waals surface area contributed by atoms with Gasteiger partial charge in [0.15, 0.2) is 5.76 Å². The minimum absolute atomic E-state index is 0.427. The van der Waals surface area contributed by atoms with Gasteiger partial charge in [0.1, 0.15) is 11.5 Å². The minimum atomic E-state index is 0.427. The van der Waals surface area contributed by atoms with Crippen molar-refractivity contribution in [3.8, 4) is 22.6 Å². The number of aromatic nitrogens is 2. The van der Waals surface area contributed by atoms with E-state index in [0.717, 1.165) is 15.6 Å². The van der Waals surface area contributed by atoms with Gasteiger partial charge in [-0.3, -0.25) is 0 Å². The number of hydrogen-bond donors (Lipinski definition) is 1. The number of nitrogens with two attached hydrogens (primary N) is 1. The molecule has 2 heterocycles. The maximum atomic E-state index is 5.86. The van der Waals surface area contributed by atoms with Crippen molar-refractivity contribution in [3.63, 3.8) is 0 Å². The molecule has 0 aliphatic carbocycles. The van der Waals surface area contributed by atoms with Crippen LogP contribution < -0.4 is 5.73 Å². The number of anilines is 1. The van der Waals surface area contributed by atoms with Crippen LogP contribution >= 0.6 is 15.9 Å². The molecule has 1 aromatic carbocycles. The van der Waals surface area contributed by atoms with Crippen LogP contribution in [0, 0.1) is 0 Å². The Kier molecular flexibility index (Phi) is 3.05. The number of rotatable bonds is 2. The van der Waals surface area contributed by atoms with E-state index in [1.165, 1.54) is 0 Å². The molecule has 0 spiro atoms. The third-order valence-corrected chi connectivity index (χ3v) is 3.16. The van der Waals surface area contributed by atoms with Gasteiger partial charge in [0.05, 0.1) is 0 Å². The van der Waals surface area contributed by atoms with Crippen molar-refractivity contribution in [2.24, 2.45) is 0 Å². The minimum Gasteiger partial charge on any atom is -0.383 e. The van der Waals surface area contributed by atoms with Crippen molar-refractivity contribution in [2.45, 2.75) is 0 Å². The average molecular weight is 316 g/mol. The lowest BCUT2D eigenvalue weighted by atomic mass is 10.1. The molecule has 0 saturated heterocycles. The Balaban J connectivity index is 2.04. The van der Waals surface area contributed by atoms with E-state index in [4.69, 9.17) is 10.3 Å². The van der Waals surface area contributed by atoms with Crippen LogP contribution in [-0.2, 0) is 0 Å². The summed E-state index contributed by atoms with van der Waals surface area (Å²) in [6, 6.07) is 13.5. The first-order chi connectivity index (χ1) is 9.24. The van der Waals surface area contributed by atoms with Gasteiger partial charge in [-0.05, 0) is 22.0 Å². The molecule has 3 aromatic rings. The number of nitrogen functional groups attached to an aromatic ring is 1. The van der Waals surface area contributed by atoms with E-state index in [1.54, 1.807) is 6.20 Å². The summed E-state index contributed by atoms with van der Waals surface area (Å²) in [6.45, 7) is 0. The Morgan fingerprint density at radius 2 is 1.89 bits per heavy atom. The second kappa shape index (κ2) is 4.85. The van der Waals surface area contributed by atoms with E-state index in [-0.39, 0.29) is 0 Å². The first kappa shape index (κ1) is 11.9. The predicted octanol–water partition coefficient (Wildman–Crippen LogP) is 3.75. The highest BCUT2D eigenvalue weighted by atomic mass is 79.9. The van der Waals surface area contributed by atoms with E-state index in [9.17, 15) is 0 Å². The summed E-state index contributed by atoms with van der Waals surface area (Å²) in [6.07, 6.45) is 1.65. The Morgan fingerprint density at radius 3 is 2.68 bits per heavy atom. The lowest BCUT2D eigenvalue weighted by Crippen LogP contribution is -1.93. The van der Waals surface area contributed by atoms with Gasteiger partial charge in [0, 0.05) is 27.9 Å². The van der Waals surface area contributed by atoms with Gasteiger partial charge in [0.25, 0.3) is 0 Å². The van der Waals surface area contributed by atoms with E-state index < -0.39 is 0 Å². The van der Waals surface area contributed by atoms with Crippen LogP contribution in [0.3, 0.4) is 0 Å². The SMILES string of the molecule is Nc1ncc(Br)cc1-c1cc(-c2ccccc2)on1. The molecule has 3 rings (SSSR count). The Hall–Kier alpha value is -2.14. The summed E-state index contributed by atoms with van der Waals surface area (Å²) in [7, 11) is 0. The molecule has 0 unspecified atom stereocenters. The molecular formula is C14H10BrN3O. The zero-order chi connectivity index (χ0) is 13.2. The highest BCUT2D eigenvalue weighted by Gasteiger charge is 2.11. The summed E-state index contributed by atoms with van der Waals surface area (Å²) < 4.78 is 6.20. The highest BCUT2D eigenvalue weighted by Crippen LogP contribution is 2.29. The van der Waals surface area contributed by atoms with Crippen molar-refractivity contribution in [3.05, 3.63) is 53.1 Å². The van der Waals surface area contributed by atoms with Gasteiger partial charge >= 0.3 is 0 Å². The summed E-state index contributed by atoms with van der Waals surface area (Å²) >= 11 is 3.37. The van der Waals surface area contributed by atoms with Crippen LogP contribution in [0.5, 0.6) is 0 Å². The summed E-state index contributed by atoms with van der Waals surface area (Å²) in [5.74, 6) is 1.13. The zero-order valence-corrected chi connectivity index (χ0v) is 11.5. The molecular weight excluding hydrogens is 306 g/mol. The Labute approximate surface area is 118 Å². The van der Waals surface area contributed by atoms with Crippen LogP contribution in [0.1, 0.15) is 0 Å². The number of halogens is 1. The zero-order valence-electron chi connectivity index (χ0n) is 9.88. The van der Waals surface area contributed by atoms with Crippen molar-refractivity contribution < 1.29 is 4.52 Å². The Bertz CT molecular complexity index is 710. The molecule has 0 bridgehead atoms. The first-order valence-corrected chi connectivity index (χ1v) is 6.47. The molecule has 0 fully saturated rings. The van der Waals surface area contributed by atoms with Gasteiger partial charge in [0.2, 0.25) is 0 Å². The van der Waals surface area contributed by atoms with Crippen LogP contribution in [0.2, 0.25) is 0 Å². The molecule has 0 saturated carbocycles. The molecule has 2 aromatic heterocycles. The second-order valence-electron chi connectivity index (χ2n) is 4.03. The third kappa shape index (κ3) is 2.37. The molecule has 0 aliphatic rings. The average Bonchev–Trinajstić information content (AvgIpc) is 2.92. The lowest BCUT2D eigenvalue weighted by Gasteiger charge is -2.00. The second-order valence-corrected chi connectivity index (χ2v) is 4.94. The molecule has 4 nitrogen and oxygen atoms in total. The van der Waals surface area contributed by atoms with Gasteiger partial charge in [-0.15, -0.1) is 0 Å². The van der Waals surface area contributed by atoms with Crippen LogP contribution in [0.15, 0.2) is 57.7 Å². The summed E-state index contributed by atoms with van der Waals surface area (Å²) in [5, 5.41) is 4.05. The number of nitrogens with zero attached hydrogens (tertiary/aromatic N) is 2. The fourth-order valence-electron chi connectivity index (χ4n) is 1.80. The monoisotopic (exact) mass is 315 g/mol. The highest BCUT2D eigenvalue weighted by molar-refractivity contribution is 9.10. The van der Waals surface area contributed by atoms with E-state index in [2.05, 4.69) is 26.1 Å². The smallest absolute Gasteiger partial charge is 0.167 e. The van der Waals surface area contributed by atoms with Crippen molar-refractivity contribution >= 4 is 21.7 Å². The molecule has 0 amide bonds. The number of pyridine rings is 1. The van der Waals surface area contributed by atoms with E-state index in [0.29, 0.717) is 17.3 Å².